The van der Waals surface area contributed by atoms with Gasteiger partial charge < -0.3 is 9.73 Å². The Hall–Kier alpha value is -1.36. The van der Waals surface area contributed by atoms with Crippen LogP contribution in [0.25, 0.3) is 11.3 Å². The third-order valence-corrected chi connectivity index (χ3v) is 3.08. The molecule has 1 aromatic heterocycles. The molecule has 0 bridgehead atoms. The molecule has 0 aliphatic heterocycles. The largest absolute Gasteiger partial charge is 0.439 e. The van der Waals surface area contributed by atoms with Crippen LogP contribution in [0.4, 0.5) is 0 Å². The second kappa shape index (κ2) is 6.70. The predicted octanol–water partition coefficient (Wildman–Crippen LogP) is 2.65. The van der Waals surface area contributed by atoms with E-state index >= 15 is 0 Å². The van der Waals surface area contributed by atoms with Crippen molar-refractivity contribution in [3.05, 3.63) is 41.4 Å². The Morgan fingerprint density at radius 3 is 2.74 bits per heavy atom. The highest BCUT2D eigenvalue weighted by Crippen LogP contribution is 2.22. The van der Waals surface area contributed by atoms with E-state index in [1.807, 2.05) is 38.4 Å². The summed E-state index contributed by atoms with van der Waals surface area (Å²) in [6.45, 7) is 2.60. The highest BCUT2D eigenvalue weighted by Gasteiger charge is 2.08. The van der Waals surface area contributed by atoms with Crippen molar-refractivity contribution in [1.29, 1.82) is 0 Å². The van der Waals surface area contributed by atoms with Crippen LogP contribution in [0.2, 0.25) is 5.02 Å². The molecule has 102 valence electrons. The molecule has 2 rings (SSSR count). The lowest BCUT2D eigenvalue weighted by Crippen LogP contribution is -2.27. The van der Waals surface area contributed by atoms with Crippen molar-refractivity contribution in [2.24, 2.45) is 0 Å². The van der Waals surface area contributed by atoms with E-state index in [0.717, 1.165) is 35.3 Å². The Balaban J connectivity index is 2.00. The molecule has 1 heterocycles. The fraction of sp³-hybridized carbons (Fsp3) is 0.357. The predicted molar refractivity (Wildman–Crippen MR) is 77.2 cm³/mol. The number of aromatic nitrogens is 1. The van der Waals surface area contributed by atoms with Crippen molar-refractivity contribution in [1.82, 2.24) is 15.2 Å². The SMILES string of the molecule is CNCCN(C)Cc1ncc(-c2ccc(Cl)cc2)o1. The highest BCUT2D eigenvalue weighted by molar-refractivity contribution is 6.30. The molecule has 0 amide bonds. The summed E-state index contributed by atoms with van der Waals surface area (Å²) >= 11 is 5.86. The maximum Gasteiger partial charge on any atom is 0.209 e. The summed E-state index contributed by atoms with van der Waals surface area (Å²) in [4.78, 5) is 6.46. The molecule has 0 radical (unpaired) electrons. The third kappa shape index (κ3) is 4.06. The van der Waals surface area contributed by atoms with Gasteiger partial charge in [-0.05, 0) is 38.4 Å². The Labute approximate surface area is 118 Å². The minimum absolute atomic E-state index is 0.704. The number of hydrogen-bond donors (Lipinski definition) is 1. The molecular weight excluding hydrogens is 262 g/mol. The second-order valence-electron chi connectivity index (χ2n) is 4.47. The van der Waals surface area contributed by atoms with Crippen LogP contribution in [-0.4, -0.2) is 37.1 Å². The molecule has 0 unspecified atom stereocenters. The highest BCUT2D eigenvalue weighted by atomic mass is 35.5. The summed E-state index contributed by atoms with van der Waals surface area (Å²) in [6, 6.07) is 7.55. The van der Waals surface area contributed by atoms with Gasteiger partial charge in [0.2, 0.25) is 5.89 Å². The van der Waals surface area contributed by atoms with Crippen LogP contribution in [-0.2, 0) is 6.54 Å². The molecule has 1 N–H and O–H groups in total. The van der Waals surface area contributed by atoms with Crippen LogP contribution >= 0.6 is 11.6 Å². The minimum atomic E-state index is 0.704. The van der Waals surface area contributed by atoms with Gasteiger partial charge in [-0.15, -0.1) is 0 Å². The summed E-state index contributed by atoms with van der Waals surface area (Å²) in [5.41, 5.74) is 0.987. The normalized spacial score (nSPS) is 11.2. The van der Waals surface area contributed by atoms with E-state index in [1.54, 1.807) is 6.20 Å². The Morgan fingerprint density at radius 1 is 1.32 bits per heavy atom. The van der Waals surface area contributed by atoms with Crippen molar-refractivity contribution in [2.45, 2.75) is 6.54 Å². The molecular formula is C14H18ClN3O. The molecule has 0 aliphatic carbocycles. The summed E-state index contributed by atoms with van der Waals surface area (Å²) < 4.78 is 5.74. The van der Waals surface area contributed by atoms with E-state index in [1.165, 1.54) is 0 Å². The van der Waals surface area contributed by atoms with Crippen molar-refractivity contribution in [3.8, 4) is 11.3 Å². The molecule has 0 saturated heterocycles. The Morgan fingerprint density at radius 2 is 2.05 bits per heavy atom. The number of halogens is 1. The quantitative estimate of drug-likeness (QED) is 0.883. The van der Waals surface area contributed by atoms with Crippen LogP contribution < -0.4 is 5.32 Å². The Kier molecular flexibility index (Phi) is 4.96. The number of hydrogen-bond acceptors (Lipinski definition) is 4. The smallest absolute Gasteiger partial charge is 0.209 e. The molecule has 2 aromatic rings. The zero-order chi connectivity index (χ0) is 13.7. The molecule has 0 aliphatic rings. The maximum atomic E-state index is 5.86. The van der Waals surface area contributed by atoms with E-state index in [0.29, 0.717) is 6.54 Å². The van der Waals surface area contributed by atoms with Gasteiger partial charge in [0.1, 0.15) is 0 Å². The number of nitrogens with zero attached hydrogens (tertiary/aromatic N) is 2. The van der Waals surface area contributed by atoms with Gasteiger partial charge in [0.25, 0.3) is 0 Å². The first-order valence-electron chi connectivity index (χ1n) is 6.23. The van der Waals surface area contributed by atoms with Crippen molar-refractivity contribution >= 4 is 11.6 Å². The van der Waals surface area contributed by atoms with Crippen molar-refractivity contribution < 1.29 is 4.42 Å². The van der Waals surface area contributed by atoms with Gasteiger partial charge >= 0.3 is 0 Å². The lowest BCUT2D eigenvalue weighted by molar-refractivity contribution is 0.291. The first-order valence-corrected chi connectivity index (χ1v) is 6.60. The standard InChI is InChI=1S/C14H18ClN3O/c1-16-7-8-18(2)10-14-17-9-13(19-14)11-3-5-12(15)6-4-11/h3-6,9,16H,7-8,10H2,1-2H3. The lowest BCUT2D eigenvalue weighted by Gasteiger charge is -2.13. The number of nitrogens with one attached hydrogen (secondary N) is 1. The monoisotopic (exact) mass is 279 g/mol. The number of oxazole rings is 1. The number of rotatable bonds is 6. The van der Waals surface area contributed by atoms with E-state index < -0.39 is 0 Å². The van der Waals surface area contributed by atoms with E-state index in [4.69, 9.17) is 16.0 Å². The molecule has 4 nitrogen and oxygen atoms in total. The Bertz CT molecular complexity index is 510. The molecule has 0 atom stereocenters. The summed E-state index contributed by atoms with van der Waals surface area (Å²) in [5.74, 6) is 1.50. The van der Waals surface area contributed by atoms with Gasteiger partial charge in [0, 0.05) is 23.7 Å². The third-order valence-electron chi connectivity index (χ3n) is 2.83. The first kappa shape index (κ1) is 14.1. The van der Waals surface area contributed by atoms with Gasteiger partial charge in [-0.3, -0.25) is 4.90 Å². The maximum absolute atomic E-state index is 5.86. The lowest BCUT2D eigenvalue weighted by atomic mass is 10.2. The number of benzene rings is 1. The summed E-state index contributed by atoms with van der Waals surface area (Å²) in [7, 11) is 3.99. The van der Waals surface area contributed by atoms with E-state index in [2.05, 4.69) is 15.2 Å². The number of likely N-dealkylation sites (N-methyl/N-ethyl adjacent to an activating group) is 2. The topological polar surface area (TPSA) is 41.3 Å². The van der Waals surface area contributed by atoms with Gasteiger partial charge in [0.05, 0.1) is 12.7 Å². The van der Waals surface area contributed by atoms with Gasteiger partial charge in [-0.25, -0.2) is 4.98 Å². The molecule has 19 heavy (non-hydrogen) atoms. The van der Waals surface area contributed by atoms with Crippen LogP contribution in [0.15, 0.2) is 34.9 Å². The first-order chi connectivity index (χ1) is 9.19. The fourth-order valence-corrected chi connectivity index (χ4v) is 1.87. The average Bonchev–Trinajstić information content (AvgIpc) is 2.85. The second-order valence-corrected chi connectivity index (χ2v) is 4.90. The molecule has 1 aromatic carbocycles. The summed E-state index contributed by atoms with van der Waals surface area (Å²) in [5, 5.41) is 3.83. The van der Waals surface area contributed by atoms with Crippen LogP contribution in [0.3, 0.4) is 0 Å². The van der Waals surface area contributed by atoms with Gasteiger partial charge in [-0.2, -0.15) is 0 Å². The van der Waals surface area contributed by atoms with Crippen LogP contribution in [0.1, 0.15) is 5.89 Å². The summed E-state index contributed by atoms with van der Waals surface area (Å²) in [6.07, 6.45) is 1.75. The zero-order valence-corrected chi connectivity index (χ0v) is 11.9. The zero-order valence-electron chi connectivity index (χ0n) is 11.2. The molecule has 5 heteroatoms. The average molecular weight is 280 g/mol. The van der Waals surface area contributed by atoms with Crippen molar-refractivity contribution in [2.75, 3.05) is 27.2 Å². The molecule has 0 spiro atoms. The molecule has 0 saturated carbocycles. The van der Waals surface area contributed by atoms with Crippen LogP contribution in [0.5, 0.6) is 0 Å². The fourth-order valence-electron chi connectivity index (χ4n) is 1.74. The van der Waals surface area contributed by atoms with Crippen LogP contribution in [0, 0.1) is 0 Å². The van der Waals surface area contributed by atoms with E-state index in [9.17, 15) is 0 Å². The van der Waals surface area contributed by atoms with E-state index in [-0.39, 0.29) is 0 Å². The van der Waals surface area contributed by atoms with Crippen molar-refractivity contribution in [3.63, 3.8) is 0 Å². The van der Waals surface area contributed by atoms with Gasteiger partial charge in [0.15, 0.2) is 5.76 Å². The minimum Gasteiger partial charge on any atom is -0.439 e. The molecule has 0 fully saturated rings. The van der Waals surface area contributed by atoms with Gasteiger partial charge in [-0.1, -0.05) is 11.6 Å².